The third-order valence-electron chi connectivity index (χ3n) is 5.52. The van der Waals surface area contributed by atoms with Gasteiger partial charge in [0.15, 0.2) is 11.6 Å². The van der Waals surface area contributed by atoms with Crippen LogP contribution in [-0.4, -0.2) is 60.1 Å². The van der Waals surface area contributed by atoms with Crippen LogP contribution in [0.5, 0.6) is 5.75 Å². The van der Waals surface area contributed by atoms with Crippen LogP contribution in [0, 0.1) is 11.7 Å². The quantitative estimate of drug-likeness (QED) is 0.677. The lowest BCUT2D eigenvalue weighted by atomic mass is 9.88. The molecule has 1 spiro atoms. The summed E-state index contributed by atoms with van der Waals surface area (Å²) in [7, 11) is 0. The Bertz CT molecular complexity index is 851. The summed E-state index contributed by atoms with van der Waals surface area (Å²) in [6.07, 6.45) is -3.44. The van der Waals surface area contributed by atoms with Crippen LogP contribution in [0.3, 0.4) is 0 Å². The van der Waals surface area contributed by atoms with Crippen molar-refractivity contribution in [3.05, 3.63) is 28.0 Å². The normalized spacial score (nSPS) is 21.1. The largest absolute Gasteiger partial charge is 0.490 e. The summed E-state index contributed by atoms with van der Waals surface area (Å²) in [5, 5.41) is 2.92. The van der Waals surface area contributed by atoms with Crippen molar-refractivity contribution >= 4 is 27.9 Å². The molecule has 3 heterocycles. The number of nitrogens with one attached hydrogen (secondary N) is 1. The molecule has 3 fully saturated rings. The molecule has 0 bridgehead atoms. The SMILES string of the molecule is O=C1CCC2(CN(C(=O)N3CC(COc4cc(Br)c(C(F)(F)F)cc4F)C3)C2)N1. The van der Waals surface area contributed by atoms with Crippen LogP contribution < -0.4 is 10.1 Å². The summed E-state index contributed by atoms with van der Waals surface area (Å²) < 4.78 is 57.3. The number of benzene rings is 1. The summed E-state index contributed by atoms with van der Waals surface area (Å²) in [6, 6.07) is 1.25. The smallest absolute Gasteiger partial charge is 0.417 e. The number of amides is 3. The molecule has 29 heavy (non-hydrogen) atoms. The maximum Gasteiger partial charge on any atom is 0.417 e. The average molecular weight is 480 g/mol. The zero-order valence-electron chi connectivity index (χ0n) is 15.2. The Morgan fingerprint density at radius 2 is 1.97 bits per heavy atom. The van der Waals surface area contributed by atoms with Crippen LogP contribution >= 0.6 is 15.9 Å². The lowest BCUT2D eigenvalue weighted by molar-refractivity contribution is -0.138. The van der Waals surface area contributed by atoms with Gasteiger partial charge in [0.2, 0.25) is 5.91 Å². The highest BCUT2D eigenvalue weighted by molar-refractivity contribution is 9.10. The molecule has 0 saturated carbocycles. The van der Waals surface area contributed by atoms with E-state index in [9.17, 15) is 27.2 Å². The van der Waals surface area contributed by atoms with Gasteiger partial charge in [-0.25, -0.2) is 9.18 Å². The second-order valence-corrected chi connectivity index (χ2v) is 8.66. The second kappa shape index (κ2) is 7.03. The fraction of sp³-hybridized carbons (Fsp3) is 0.556. The number of alkyl halides is 3. The number of likely N-dealkylation sites (tertiary alicyclic amines) is 2. The van der Waals surface area contributed by atoms with Gasteiger partial charge in [-0.3, -0.25) is 4.79 Å². The predicted octanol–water partition coefficient (Wildman–Crippen LogP) is 3.00. The van der Waals surface area contributed by atoms with Crippen molar-refractivity contribution < 1.29 is 31.9 Å². The molecule has 1 N–H and O–H groups in total. The summed E-state index contributed by atoms with van der Waals surface area (Å²) >= 11 is 2.79. The van der Waals surface area contributed by atoms with Gasteiger partial charge in [-0.05, 0) is 18.6 Å². The zero-order valence-corrected chi connectivity index (χ0v) is 16.8. The minimum Gasteiger partial charge on any atom is -0.490 e. The minimum atomic E-state index is -4.66. The van der Waals surface area contributed by atoms with Gasteiger partial charge in [-0.1, -0.05) is 15.9 Å². The highest BCUT2D eigenvalue weighted by Gasteiger charge is 2.51. The second-order valence-electron chi connectivity index (χ2n) is 7.81. The molecule has 0 aromatic heterocycles. The van der Waals surface area contributed by atoms with Gasteiger partial charge in [0.25, 0.3) is 0 Å². The first-order valence-electron chi connectivity index (χ1n) is 9.10. The maximum atomic E-state index is 13.9. The van der Waals surface area contributed by atoms with E-state index in [1.54, 1.807) is 9.80 Å². The molecule has 0 radical (unpaired) electrons. The van der Waals surface area contributed by atoms with E-state index in [4.69, 9.17) is 4.74 Å². The van der Waals surface area contributed by atoms with Gasteiger partial charge in [0.05, 0.1) is 17.7 Å². The molecule has 0 aliphatic carbocycles. The van der Waals surface area contributed by atoms with E-state index >= 15 is 0 Å². The molecule has 1 aromatic carbocycles. The van der Waals surface area contributed by atoms with Crippen molar-refractivity contribution in [2.24, 2.45) is 5.92 Å². The molecule has 3 amide bonds. The highest BCUT2D eigenvalue weighted by atomic mass is 79.9. The van der Waals surface area contributed by atoms with Gasteiger partial charge < -0.3 is 19.9 Å². The van der Waals surface area contributed by atoms with Gasteiger partial charge in [0.1, 0.15) is 0 Å². The number of hydrogen-bond acceptors (Lipinski definition) is 3. The summed E-state index contributed by atoms with van der Waals surface area (Å²) in [5.74, 6) is -1.37. The number of urea groups is 1. The van der Waals surface area contributed by atoms with Crippen LogP contribution in [0.15, 0.2) is 16.6 Å². The number of carbonyl (C=O) groups excluding carboxylic acids is 2. The molecular formula is C18H18BrF4N3O3. The molecule has 0 unspecified atom stereocenters. The molecule has 3 aliphatic heterocycles. The van der Waals surface area contributed by atoms with Crippen LogP contribution in [0.2, 0.25) is 0 Å². The standard InChI is InChI=1S/C18H18BrF4N3O3/c19-12-4-14(13(20)3-11(12)18(21,22)23)29-7-10-5-25(6-10)16(28)26-8-17(9-26)2-1-15(27)24-17/h3-4,10H,1-2,5-9H2,(H,24,27). The first-order valence-corrected chi connectivity index (χ1v) is 9.89. The summed E-state index contributed by atoms with van der Waals surface area (Å²) in [6.45, 7) is 1.95. The van der Waals surface area contributed by atoms with Crippen LogP contribution in [0.25, 0.3) is 0 Å². The van der Waals surface area contributed by atoms with Crippen LogP contribution in [-0.2, 0) is 11.0 Å². The molecule has 4 rings (SSSR count). The van der Waals surface area contributed by atoms with E-state index in [1.807, 2.05) is 0 Å². The van der Waals surface area contributed by atoms with E-state index < -0.39 is 17.6 Å². The molecule has 1 aromatic rings. The Labute approximate surface area is 172 Å². The molecule has 3 saturated heterocycles. The van der Waals surface area contributed by atoms with Gasteiger partial charge in [-0.15, -0.1) is 0 Å². The van der Waals surface area contributed by atoms with E-state index in [2.05, 4.69) is 21.2 Å². The monoisotopic (exact) mass is 479 g/mol. The first-order chi connectivity index (χ1) is 13.6. The van der Waals surface area contributed by atoms with Crippen molar-refractivity contribution in [3.8, 4) is 5.75 Å². The molecular weight excluding hydrogens is 462 g/mol. The first kappa shape index (κ1) is 20.2. The van der Waals surface area contributed by atoms with Crippen LogP contribution in [0.4, 0.5) is 22.4 Å². The van der Waals surface area contributed by atoms with E-state index in [0.717, 1.165) is 12.5 Å². The van der Waals surface area contributed by atoms with Gasteiger partial charge >= 0.3 is 12.2 Å². The Hall–Kier alpha value is -2.04. The third-order valence-corrected chi connectivity index (χ3v) is 6.18. The fourth-order valence-electron chi connectivity index (χ4n) is 3.93. The number of rotatable bonds is 3. The van der Waals surface area contributed by atoms with E-state index in [1.165, 1.54) is 0 Å². The highest BCUT2D eigenvalue weighted by Crippen LogP contribution is 2.38. The lowest BCUT2D eigenvalue weighted by Crippen LogP contribution is -2.71. The van der Waals surface area contributed by atoms with Crippen LogP contribution in [0.1, 0.15) is 18.4 Å². The number of hydrogen-bond donors (Lipinski definition) is 1. The Balaban J connectivity index is 1.24. The number of halogens is 5. The molecule has 11 heteroatoms. The fourth-order valence-corrected chi connectivity index (χ4v) is 4.47. The van der Waals surface area contributed by atoms with Gasteiger partial charge in [0, 0.05) is 43.0 Å². The number of ether oxygens (including phenoxy) is 1. The van der Waals surface area contributed by atoms with Crippen molar-refractivity contribution in [2.45, 2.75) is 24.6 Å². The molecule has 0 atom stereocenters. The summed E-state index contributed by atoms with van der Waals surface area (Å²) in [5.41, 5.74) is -1.37. The van der Waals surface area contributed by atoms with Crippen molar-refractivity contribution in [1.82, 2.24) is 15.1 Å². The van der Waals surface area contributed by atoms with E-state index in [0.29, 0.717) is 38.7 Å². The Morgan fingerprint density at radius 3 is 2.55 bits per heavy atom. The minimum absolute atomic E-state index is 0.0143. The molecule has 3 aliphatic rings. The Kier molecular flexibility index (Phi) is 4.91. The number of nitrogens with zero attached hydrogens (tertiary/aromatic N) is 2. The summed E-state index contributed by atoms with van der Waals surface area (Å²) in [4.78, 5) is 27.1. The third kappa shape index (κ3) is 3.88. The zero-order chi connectivity index (χ0) is 21.0. The van der Waals surface area contributed by atoms with Crippen molar-refractivity contribution in [3.63, 3.8) is 0 Å². The average Bonchev–Trinajstić information content (AvgIpc) is 2.95. The van der Waals surface area contributed by atoms with Gasteiger partial charge in [-0.2, -0.15) is 13.2 Å². The predicted molar refractivity (Wildman–Crippen MR) is 96.7 cm³/mol. The topological polar surface area (TPSA) is 61.9 Å². The molecule has 158 valence electrons. The van der Waals surface area contributed by atoms with Crippen molar-refractivity contribution in [1.29, 1.82) is 0 Å². The van der Waals surface area contributed by atoms with E-state index in [-0.39, 0.29) is 40.2 Å². The maximum absolute atomic E-state index is 13.9. The van der Waals surface area contributed by atoms with Crippen molar-refractivity contribution in [2.75, 3.05) is 32.8 Å². The Morgan fingerprint density at radius 1 is 1.28 bits per heavy atom. The number of carbonyl (C=O) groups is 2. The lowest BCUT2D eigenvalue weighted by Gasteiger charge is -2.51. The molecule has 6 nitrogen and oxygen atoms in total.